The summed E-state index contributed by atoms with van der Waals surface area (Å²) in [5.41, 5.74) is 2.92. The van der Waals surface area contributed by atoms with E-state index in [4.69, 9.17) is 14.6 Å². The molecule has 0 aromatic heterocycles. The van der Waals surface area contributed by atoms with E-state index >= 15 is 0 Å². The molecular formula is C17H18O4. The van der Waals surface area contributed by atoms with Gasteiger partial charge in [0.15, 0.2) is 6.61 Å². The SMILES string of the molecule is CCOC(=O)COc1ccc(-c2cccc(CO)c2)cc1. The van der Waals surface area contributed by atoms with Crippen molar-refractivity contribution < 1.29 is 19.4 Å². The molecule has 4 nitrogen and oxygen atoms in total. The number of carbonyl (C=O) groups excluding carboxylic acids is 1. The summed E-state index contributed by atoms with van der Waals surface area (Å²) in [6.45, 7) is 2.04. The molecule has 0 bridgehead atoms. The van der Waals surface area contributed by atoms with E-state index in [0.29, 0.717) is 12.4 Å². The number of hydrogen-bond donors (Lipinski definition) is 1. The van der Waals surface area contributed by atoms with Gasteiger partial charge in [0.05, 0.1) is 13.2 Å². The van der Waals surface area contributed by atoms with Crippen molar-refractivity contribution in [2.45, 2.75) is 13.5 Å². The van der Waals surface area contributed by atoms with Crippen LogP contribution in [0.5, 0.6) is 5.75 Å². The van der Waals surface area contributed by atoms with Gasteiger partial charge in [-0.15, -0.1) is 0 Å². The van der Waals surface area contributed by atoms with Gasteiger partial charge in [-0.1, -0.05) is 30.3 Å². The van der Waals surface area contributed by atoms with Crippen LogP contribution in [0, 0.1) is 0 Å². The average molecular weight is 286 g/mol. The molecule has 0 heterocycles. The molecule has 0 radical (unpaired) electrons. The Kier molecular flexibility index (Phi) is 5.35. The Bertz CT molecular complexity index is 590. The van der Waals surface area contributed by atoms with E-state index < -0.39 is 0 Å². The molecule has 21 heavy (non-hydrogen) atoms. The van der Waals surface area contributed by atoms with Crippen molar-refractivity contribution in [3.05, 3.63) is 54.1 Å². The molecule has 0 atom stereocenters. The van der Waals surface area contributed by atoms with Crippen molar-refractivity contribution in [1.82, 2.24) is 0 Å². The molecule has 4 heteroatoms. The molecule has 0 fully saturated rings. The van der Waals surface area contributed by atoms with E-state index in [2.05, 4.69) is 0 Å². The second-order valence-corrected chi connectivity index (χ2v) is 4.48. The zero-order chi connectivity index (χ0) is 15.1. The number of aliphatic hydroxyl groups excluding tert-OH is 1. The van der Waals surface area contributed by atoms with E-state index in [9.17, 15) is 4.79 Å². The summed E-state index contributed by atoms with van der Waals surface area (Å²) in [7, 11) is 0. The molecule has 2 rings (SSSR count). The van der Waals surface area contributed by atoms with Crippen LogP contribution in [0.2, 0.25) is 0 Å². The molecule has 0 aliphatic rings. The first-order valence-corrected chi connectivity index (χ1v) is 6.81. The topological polar surface area (TPSA) is 55.8 Å². The smallest absolute Gasteiger partial charge is 0.344 e. The van der Waals surface area contributed by atoms with Crippen LogP contribution in [0.15, 0.2) is 48.5 Å². The summed E-state index contributed by atoms with van der Waals surface area (Å²) in [5, 5.41) is 9.15. The maximum Gasteiger partial charge on any atom is 0.344 e. The van der Waals surface area contributed by atoms with Crippen LogP contribution in [0.4, 0.5) is 0 Å². The van der Waals surface area contributed by atoms with Crippen LogP contribution in [0.1, 0.15) is 12.5 Å². The Balaban J connectivity index is 2.03. The number of aliphatic hydroxyl groups is 1. The van der Waals surface area contributed by atoms with Crippen LogP contribution in [0.25, 0.3) is 11.1 Å². The second-order valence-electron chi connectivity index (χ2n) is 4.48. The van der Waals surface area contributed by atoms with Crippen molar-refractivity contribution in [3.8, 4) is 16.9 Å². The summed E-state index contributed by atoms with van der Waals surface area (Å²) in [5.74, 6) is 0.238. The third kappa shape index (κ3) is 4.33. The van der Waals surface area contributed by atoms with Crippen LogP contribution in [-0.4, -0.2) is 24.3 Å². The zero-order valence-corrected chi connectivity index (χ0v) is 11.9. The van der Waals surface area contributed by atoms with Gasteiger partial charge >= 0.3 is 5.97 Å². The van der Waals surface area contributed by atoms with Gasteiger partial charge in [0.25, 0.3) is 0 Å². The summed E-state index contributed by atoms with van der Waals surface area (Å²) >= 11 is 0. The Morgan fingerprint density at radius 3 is 2.52 bits per heavy atom. The molecule has 0 aliphatic heterocycles. The second kappa shape index (κ2) is 7.45. The standard InChI is InChI=1S/C17H18O4/c1-2-20-17(19)12-21-16-8-6-14(7-9-16)15-5-3-4-13(10-15)11-18/h3-10,18H,2,11-12H2,1H3. The lowest BCUT2D eigenvalue weighted by Crippen LogP contribution is -2.14. The Morgan fingerprint density at radius 2 is 1.86 bits per heavy atom. The number of rotatable bonds is 6. The lowest BCUT2D eigenvalue weighted by atomic mass is 10.0. The largest absolute Gasteiger partial charge is 0.482 e. The molecule has 2 aromatic rings. The Morgan fingerprint density at radius 1 is 1.10 bits per heavy atom. The third-order valence-electron chi connectivity index (χ3n) is 2.96. The minimum atomic E-state index is -0.378. The van der Waals surface area contributed by atoms with Gasteiger partial charge in [-0.25, -0.2) is 4.79 Å². The molecule has 1 N–H and O–H groups in total. The fourth-order valence-corrected chi connectivity index (χ4v) is 1.94. The molecule has 0 saturated carbocycles. The number of esters is 1. The predicted octanol–water partition coefficient (Wildman–Crippen LogP) is 2.79. The lowest BCUT2D eigenvalue weighted by Gasteiger charge is -2.07. The van der Waals surface area contributed by atoms with Crippen LogP contribution in [-0.2, 0) is 16.1 Å². The molecular weight excluding hydrogens is 268 g/mol. The molecule has 2 aromatic carbocycles. The summed E-state index contributed by atoms with van der Waals surface area (Å²) in [4.78, 5) is 11.2. The van der Waals surface area contributed by atoms with Crippen LogP contribution < -0.4 is 4.74 Å². The third-order valence-corrected chi connectivity index (χ3v) is 2.96. The van der Waals surface area contributed by atoms with E-state index in [1.54, 1.807) is 19.1 Å². The van der Waals surface area contributed by atoms with Crippen molar-refractivity contribution in [2.24, 2.45) is 0 Å². The molecule has 0 saturated heterocycles. The van der Waals surface area contributed by atoms with Crippen molar-refractivity contribution in [3.63, 3.8) is 0 Å². The Labute approximate surface area is 123 Å². The fraction of sp³-hybridized carbons (Fsp3) is 0.235. The molecule has 0 aliphatic carbocycles. The lowest BCUT2D eigenvalue weighted by molar-refractivity contribution is -0.145. The summed E-state index contributed by atoms with van der Waals surface area (Å²) in [6, 6.07) is 15.1. The van der Waals surface area contributed by atoms with Crippen LogP contribution >= 0.6 is 0 Å². The minimum Gasteiger partial charge on any atom is -0.482 e. The van der Waals surface area contributed by atoms with Crippen LogP contribution in [0.3, 0.4) is 0 Å². The van der Waals surface area contributed by atoms with Crippen molar-refractivity contribution >= 4 is 5.97 Å². The van der Waals surface area contributed by atoms with Gasteiger partial charge in [-0.2, -0.15) is 0 Å². The quantitative estimate of drug-likeness (QED) is 0.830. The summed E-state index contributed by atoms with van der Waals surface area (Å²) in [6.07, 6.45) is 0. The zero-order valence-electron chi connectivity index (χ0n) is 11.9. The molecule has 0 spiro atoms. The van der Waals surface area contributed by atoms with Crippen molar-refractivity contribution in [2.75, 3.05) is 13.2 Å². The highest BCUT2D eigenvalue weighted by Crippen LogP contribution is 2.23. The monoisotopic (exact) mass is 286 g/mol. The maximum absolute atomic E-state index is 11.2. The molecule has 110 valence electrons. The first-order chi connectivity index (χ1) is 10.2. The highest BCUT2D eigenvalue weighted by Gasteiger charge is 2.04. The highest BCUT2D eigenvalue weighted by molar-refractivity contribution is 5.71. The van der Waals surface area contributed by atoms with Gasteiger partial charge in [0.2, 0.25) is 0 Å². The Hall–Kier alpha value is -2.33. The number of ether oxygens (including phenoxy) is 2. The van der Waals surface area contributed by atoms with E-state index in [1.165, 1.54) is 0 Å². The summed E-state index contributed by atoms with van der Waals surface area (Å²) < 4.78 is 10.1. The number of benzene rings is 2. The number of carbonyl (C=O) groups is 1. The van der Waals surface area contributed by atoms with E-state index in [-0.39, 0.29) is 19.2 Å². The molecule has 0 unspecified atom stereocenters. The maximum atomic E-state index is 11.2. The first-order valence-electron chi connectivity index (χ1n) is 6.81. The average Bonchev–Trinajstić information content (AvgIpc) is 2.54. The molecule has 0 amide bonds. The minimum absolute atomic E-state index is 0.0224. The van der Waals surface area contributed by atoms with Crippen molar-refractivity contribution in [1.29, 1.82) is 0 Å². The van der Waals surface area contributed by atoms with Gasteiger partial charge < -0.3 is 14.6 Å². The van der Waals surface area contributed by atoms with Gasteiger partial charge in [-0.3, -0.25) is 0 Å². The fourth-order valence-electron chi connectivity index (χ4n) is 1.94. The normalized spacial score (nSPS) is 10.2. The number of hydrogen-bond acceptors (Lipinski definition) is 4. The highest BCUT2D eigenvalue weighted by atomic mass is 16.6. The van der Waals surface area contributed by atoms with E-state index in [1.807, 2.05) is 36.4 Å². The predicted molar refractivity (Wildman–Crippen MR) is 79.9 cm³/mol. The van der Waals surface area contributed by atoms with Gasteiger partial charge in [0, 0.05) is 0 Å². The van der Waals surface area contributed by atoms with E-state index in [0.717, 1.165) is 16.7 Å². The van der Waals surface area contributed by atoms with Gasteiger partial charge in [-0.05, 0) is 41.8 Å². The first kappa shape index (κ1) is 15.1. The van der Waals surface area contributed by atoms with Gasteiger partial charge in [0.1, 0.15) is 5.75 Å².